The van der Waals surface area contributed by atoms with Gasteiger partial charge in [0, 0.05) is 45.2 Å². The van der Waals surface area contributed by atoms with Gasteiger partial charge in [-0.15, -0.1) is 0 Å². The van der Waals surface area contributed by atoms with Gasteiger partial charge in [0.2, 0.25) is 5.91 Å². The van der Waals surface area contributed by atoms with Crippen LogP contribution in [0, 0.1) is 19.8 Å². The standard InChI is InChI=1S/C18H31N5O2/c1-5-20-18(21-9-6-16-13(2)22-25-14(16)3)23-10-7-15(8-11-23)12-17(24)19-4/h15H,5-12H2,1-4H3,(H,19,24)(H,20,21). The fourth-order valence-electron chi connectivity index (χ4n) is 3.27. The maximum atomic E-state index is 11.5. The molecule has 0 bridgehead atoms. The fraction of sp³-hybridized carbons (Fsp3) is 0.722. The third-order valence-corrected chi connectivity index (χ3v) is 4.81. The second-order valence-corrected chi connectivity index (χ2v) is 6.60. The molecule has 7 heteroatoms. The molecule has 2 N–H and O–H groups in total. The molecule has 140 valence electrons. The number of rotatable bonds is 6. The summed E-state index contributed by atoms with van der Waals surface area (Å²) >= 11 is 0. The van der Waals surface area contributed by atoms with Gasteiger partial charge in [-0.25, -0.2) is 0 Å². The highest BCUT2D eigenvalue weighted by molar-refractivity contribution is 5.80. The van der Waals surface area contributed by atoms with E-state index in [1.165, 1.54) is 0 Å². The van der Waals surface area contributed by atoms with Gasteiger partial charge in [-0.3, -0.25) is 9.79 Å². The first kappa shape index (κ1) is 19.3. The Balaban J connectivity index is 1.89. The van der Waals surface area contributed by atoms with Crippen molar-refractivity contribution in [1.29, 1.82) is 0 Å². The first-order chi connectivity index (χ1) is 12.0. The molecule has 0 aromatic carbocycles. The molecule has 0 spiro atoms. The number of aliphatic imine (C=N–C) groups is 1. The zero-order valence-electron chi connectivity index (χ0n) is 15.9. The first-order valence-corrected chi connectivity index (χ1v) is 9.20. The number of piperidine rings is 1. The molecule has 1 aromatic heterocycles. The molecule has 0 saturated carbocycles. The van der Waals surface area contributed by atoms with Crippen LogP contribution in [0.3, 0.4) is 0 Å². The summed E-state index contributed by atoms with van der Waals surface area (Å²) in [5.74, 6) is 2.46. The lowest BCUT2D eigenvalue weighted by molar-refractivity contribution is -0.121. The van der Waals surface area contributed by atoms with Gasteiger partial charge in [-0.2, -0.15) is 0 Å². The van der Waals surface area contributed by atoms with Crippen molar-refractivity contribution in [2.24, 2.45) is 10.9 Å². The van der Waals surface area contributed by atoms with Gasteiger partial charge in [0.1, 0.15) is 5.76 Å². The Morgan fingerprint density at radius 1 is 1.36 bits per heavy atom. The molecule has 25 heavy (non-hydrogen) atoms. The van der Waals surface area contributed by atoms with Gasteiger partial charge in [-0.05, 0) is 46.0 Å². The molecule has 1 aliphatic heterocycles. The van der Waals surface area contributed by atoms with Gasteiger partial charge in [0.25, 0.3) is 0 Å². The Labute approximate surface area is 150 Å². The summed E-state index contributed by atoms with van der Waals surface area (Å²) in [4.78, 5) is 18.6. The molecule has 2 rings (SSSR count). The van der Waals surface area contributed by atoms with E-state index in [0.717, 1.165) is 61.9 Å². The van der Waals surface area contributed by atoms with Crippen molar-refractivity contribution in [3.63, 3.8) is 0 Å². The van der Waals surface area contributed by atoms with E-state index in [2.05, 4.69) is 27.6 Å². The third kappa shape index (κ3) is 5.47. The van der Waals surface area contributed by atoms with Crippen molar-refractivity contribution in [1.82, 2.24) is 20.7 Å². The van der Waals surface area contributed by atoms with Crippen molar-refractivity contribution in [2.45, 2.75) is 46.5 Å². The van der Waals surface area contributed by atoms with Crippen LogP contribution in [0.1, 0.15) is 43.2 Å². The quantitative estimate of drug-likeness (QED) is 0.603. The molecule has 1 saturated heterocycles. The predicted octanol–water partition coefficient (Wildman–Crippen LogP) is 1.65. The van der Waals surface area contributed by atoms with E-state index in [1.807, 2.05) is 13.8 Å². The largest absolute Gasteiger partial charge is 0.361 e. The van der Waals surface area contributed by atoms with Gasteiger partial charge in [0.05, 0.1) is 5.69 Å². The van der Waals surface area contributed by atoms with Crippen LogP contribution >= 0.6 is 0 Å². The second-order valence-electron chi connectivity index (χ2n) is 6.60. The zero-order valence-corrected chi connectivity index (χ0v) is 15.9. The van der Waals surface area contributed by atoms with E-state index in [-0.39, 0.29) is 5.91 Å². The number of amides is 1. The summed E-state index contributed by atoms with van der Waals surface area (Å²) in [6.45, 7) is 9.45. The van der Waals surface area contributed by atoms with E-state index in [0.29, 0.717) is 18.9 Å². The summed E-state index contributed by atoms with van der Waals surface area (Å²) in [7, 11) is 1.70. The lowest BCUT2D eigenvalue weighted by Crippen LogP contribution is -2.46. The molecule has 0 aliphatic carbocycles. The Hall–Kier alpha value is -2.05. The van der Waals surface area contributed by atoms with Crippen LogP contribution in [-0.2, 0) is 11.2 Å². The summed E-state index contributed by atoms with van der Waals surface area (Å²) in [6.07, 6.45) is 3.52. The van der Waals surface area contributed by atoms with Crippen LogP contribution in [0.2, 0.25) is 0 Å². The smallest absolute Gasteiger partial charge is 0.220 e. The monoisotopic (exact) mass is 349 g/mol. The van der Waals surface area contributed by atoms with Gasteiger partial charge < -0.3 is 20.1 Å². The summed E-state index contributed by atoms with van der Waals surface area (Å²) in [5.41, 5.74) is 2.11. The zero-order chi connectivity index (χ0) is 18.2. The first-order valence-electron chi connectivity index (χ1n) is 9.20. The van der Waals surface area contributed by atoms with Crippen LogP contribution < -0.4 is 10.6 Å². The van der Waals surface area contributed by atoms with Crippen LogP contribution in [0.15, 0.2) is 9.52 Å². The maximum Gasteiger partial charge on any atom is 0.220 e. The number of likely N-dealkylation sites (tertiary alicyclic amines) is 1. The molecular formula is C18H31N5O2. The van der Waals surface area contributed by atoms with Crippen molar-refractivity contribution >= 4 is 11.9 Å². The van der Waals surface area contributed by atoms with Crippen molar-refractivity contribution in [3.05, 3.63) is 17.0 Å². The molecule has 0 unspecified atom stereocenters. The van der Waals surface area contributed by atoms with E-state index in [4.69, 9.17) is 9.52 Å². The van der Waals surface area contributed by atoms with Crippen molar-refractivity contribution in [3.8, 4) is 0 Å². The summed E-state index contributed by atoms with van der Waals surface area (Å²) < 4.78 is 5.21. The SMILES string of the molecule is CCNC(=NCCc1c(C)noc1C)N1CCC(CC(=O)NC)CC1. The number of carbonyl (C=O) groups is 1. The number of carbonyl (C=O) groups excluding carboxylic acids is 1. The van der Waals surface area contributed by atoms with Gasteiger partial charge in [0.15, 0.2) is 5.96 Å². The Morgan fingerprint density at radius 3 is 2.64 bits per heavy atom. The van der Waals surface area contributed by atoms with E-state index < -0.39 is 0 Å². The molecule has 2 heterocycles. The number of guanidine groups is 1. The number of hydrogen-bond donors (Lipinski definition) is 2. The van der Waals surface area contributed by atoms with Crippen molar-refractivity contribution in [2.75, 3.05) is 33.2 Å². The highest BCUT2D eigenvalue weighted by atomic mass is 16.5. The second kappa shape index (κ2) is 9.44. The Kier molecular flexibility index (Phi) is 7.28. The maximum absolute atomic E-state index is 11.5. The third-order valence-electron chi connectivity index (χ3n) is 4.81. The van der Waals surface area contributed by atoms with Crippen LogP contribution in [0.4, 0.5) is 0 Å². The normalized spacial score (nSPS) is 16.2. The minimum absolute atomic E-state index is 0.137. The molecule has 7 nitrogen and oxygen atoms in total. The fourth-order valence-corrected chi connectivity index (χ4v) is 3.27. The highest BCUT2D eigenvalue weighted by Crippen LogP contribution is 2.20. The summed E-state index contributed by atoms with van der Waals surface area (Å²) in [5, 5.41) is 10.1. The Morgan fingerprint density at radius 2 is 2.08 bits per heavy atom. The van der Waals surface area contributed by atoms with Crippen LogP contribution in [0.25, 0.3) is 0 Å². The van der Waals surface area contributed by atoms with Gasteiger partial charge in [-0.1, -0.05) is 5.16 Å². The number of aromatic nitrogens is 1. The summed E-state index contributed by atoms with van der Waals surface area (Å²) in [6, 6.07) is 0. The average molecular weight is 349 g/mol. The van der Waals surface area contributed by atoms with E-state index in [1.54, 1.807) is 7.05 Å². The molecule has 1 aliphatic rings. The predicted molar refractivity (Wildman–Crippen MR) is 98.6 cm³/mol. The lowest BCUT2D eigenvalue weighted by atomic mass is 9.93. The molecule has 1 amide bonds. The molecule has 0 radical (unpaired) electrons. The number of nitrogens with one attached hydrogen (secondary N) is 2. The highest BCUT2D eigenvalue weighted by Gasteiger charge is 2.23. The minimum Gasteiger partial charge on any atom is -0.361 e. The van der Waals surface area contributed by atoms with E-state index >= 15 is 0 Å². The number of aryl methyl sites for hydroxylation is 2. The number of nitrogens with zero attached hydrogens (tertiary/aromatic N) is 3. The molecule has 0 atom stereocenters. The lowest BCUT2D eigenvalue weighted by Gasteiger charge is -2.34. The topological polar surface area (TPSA) is 82.8 Å². The molecule has 1 aromatic rings. The average Bonchev–Trinajstić information content (AvgIpc) is 2.93. The molecule has 1 fully saturated rings. The van der Waals surface area contributed by atoms with Gasteiger partial charge >= 0.3 is 0 Å². The molecular weight excluding hydrogens is 318 g/mol. The van der Waals surface area contributed by atoms with E-state index in [9.17, 15) is 4.79 Å². The Bertz CT molecular complexity index is 569. The number of hydrogen-bond acceptors (Lipinski definition) is 4. The van der Waals surface area contributed by atoms with Crippen molar-refractivity contribution < 1.29 is 9.32 Å². The van der Waals surface area contributed by atoms with Crippen LogP contribution in [0.5, 0.6) is 0 Å². The minimum atomic E-state index is 0.137. The van der Waals surface area contributed by atoms with Crippen LogP contribution in [-0.4, -0.2) is 55.2 Å².